The van der Waals surface area contributed by atoms with Gasteiger partial charge in [0.15, 0.2) is 0 Å². The summed E-state index contributed by atoms with van der Waals surface area (Å²) in [7, 11) is 2.18. The van der Waals surface area contributed by atoms with Crippen molar-refractivity contribution in [2.24, 2.45) is 0 Å². The van der Waals surface area contributed by atoms with Crippen LogP contribution in [0.2, 0.25) is 0 Å². The SMILES string of the molecule is CCSN1CC(CC)(n2cc(-c3cccc4cnc(Nc5cccc(N6CCN(C)CC6)c5)nc34)cn2)C1. The van der Waals surface area contributed by atoms with Crippen molar-refractivity contribution in [3.8, 4) is 11.1 Å². The fourth-order valence-electron chi connectivity index (χ4n) is 5.46. The molecule has 0 amide bonds. The number of hydrogen-bond acceptors (Lipinski definition) is 8. The van der Waals surface area contributed by atoms with Crippen molar-refractivity contribution in [3.05, 3.63) is 61.1 Å². The van der Waals surface area contributed by atoms with Gasteiger partial charge in [0.05, 0.1) is 17.3 Å². The summed E-state index contributed by atoms with van der Waals surface area (Å²) in [5.74, 6) is 1.71. The van der Waals surface area contributed by atoms with Crippen molar-refractivity contribution in [2.75, 3.05) is 62.3 Å². The van der Waals surface area contributed by atoms with E-state index in [1.165, 1.54) is 5.69 Å². The third-order valence-corrected chi connectivity index (χ3v) is 8.75. The zero-order chi connectivity index (χ0) is 26.1. The number of likely N-dealkylation sites (N-methyl/N-ethyl adjacent to an activating group) is 1. The number of nitrogens with one attached hydrogen (secondary N) is 1. The average molecular weight is 529 g/mol. The first-order chi connectivity index (χ1) is 18.6. The zero-order valence-electron chi connectivity index (χ0n) is 22.5. The molecular weight excluding hydrogens is 492 g/mol. The molecule has 38 heavy (non-hydrogen) atoms. The second-order valence-electron chi connectivity index (χ2n) is 10.4. The molecular formula is C29H36N8S. The lowest BCUT2D eigenvalue weighted by molar-refractivity contribution is 0.0722. The summed E-state index contributed by atoms with van der Waals surface area (Å²) in [5, 5.41) is 9.29. The van der Waals surface area contributed by atoms with E-state index < -0.39 is 0 Å². The summed E-state index contributed by atoms with van der Waals surface area (Å²) >= 11 is 1.91. The van der Waals surface area contributed by atoms with Gasteiger partial charge in [0.25, 0.3) is 0 Å². The fourth-order valence-corrected chi connectivity index (χ4v) is 6.49. The van der Waals surface area contributed by atoms with Crippen LogP contribution in [0.15, 0.2) is 61.1 Å². The standard InChI is InChI=1S/C29H36N8S/c1-4-29(20-36(21-29)38-5-2)37-19-23(18-31-37)26-11-6-8-22-17-30-28(33-27(22)26)32-24-9-7-10-25(16-24)35-14-12-34(3)13-15-35/h6-11,16-19H,4-5,12-15,20-21H2,1-3H3,(H,30,32,33). The molecule has 4 aromatic rings. The van der Waals surface area contributed by atoms with Crippen LogP contribution in [0.1, 0.15) is 20.3 Å². The van der Waals surface area contributed by atoms with E-state index >= 15 is 0 Å². The van der Waals surface area contributed by atoms with Gasteiger partial charge in [-0.05, 0) is 31.7 Å². The molecule has 6 rings (SSSR count). The Hall–Kier alpha value is -3.14. The first-order valence-corrected chi connectivity index (χ1v) is 14.5. The highest BCUT2D eigenvalue weighted by Crippen LogP contribution is 2.38. The summed E-state index contributed by atoms with van der Waals surface area (Å²) in [6.45, 7) is 10.8. The van der Waals surface area contributed by atoms with E-state index in [0.29, 0.717) is 5.95 Å². The Morgan fingerprint density at radius 3 is 2.61 bits per heavy atom. The minimum absolute atomic E-state index is 0.0709. The third kappa shape index (κ3) is 4.86. The van der Waals surface area contributed by atoms with Crippen molar-refractivity contribution in [1.29, 1.82) is 0 Å². The Kier molecular flexibility index (Phi) is 6.99. The van der Waals surface area contributed by atoms with Gasteiger partial charge in [0.2, 0.25) is 5.95 Å². The van der Waals surface area contributed by atoms with Crippen LogP contribution in [0.4, 0.5) is 17.3 Å². The van der Waals surface area contributed by atoms with Gasteiger partial charge >= 0.3 is 0 Å². The Bertz CT molecular complexity index is 1400. The third-order valence-electron chi connectivity index (χ3n) is 7.87. The van der Waals surface area contributed by atoms with Crippen molar-refractivity contribution < 1.29 is 0 Å². The highest BCUT2D eigenvalue weighted by Gasteiger charge is 2.44. The van der Waals surface area contributed by atoms with E-state index in [2.05, 4.69) is 98.6 Å². The topological polar surface area (TPSA) is 65.4 Å². The van der Waals surface area contributed by atoms with Crippen LogP contribution in [0.3, 0.4) is 0 Å². The molecule has 4 heterocycles. The van der Waals surface area contributed by atoms with Gasteiger partial charge in [-0.1, -0.05) is 50.1 Å². The average Bonchev–Trinajstić information content (AvgIpc) is 3.41. The molecule has 2 fully saturated rings. The highest BCUT2D eigenvalue weighted by molar-refractivity contribution is 7.97. The van der Waals surface area contributed by atoms with Crippen molar-refractivity contribution in [2.45, 2.75) is 25.8 Å². The van der Waals surface area contributed by atoms with Crippen LogP contribution in [0, 0.1) is 0 Å². The van der Waals surface area contributed by atoms with Gasteiger partial charge in [-0.3, -0.25) is 4.68 Å². The number of nitrogens with zero attached hydrogens (tertiary/aromatic N) is 7. The molecule has 0 aliphatic carbocycles. The molecule has 1 N–H and O–H groups in total. The van der Waals surface area contributed by atoms with E-state index in [-0.39, 0.29) is 5.54 Å². The van der Waals surface area contributed by atoms with Gasteiger partial charge in [-0.2, -0.15) is 5.10 Å². The minimum atomic E-state index is 0.0709. The number of para-hydroxylation sites is 1. The molecule has 0 spiro atoms. The number of benzene rings is 2. The summed E-state index contributed by atoms with van der Waals surface area (Å²) in [6, 6.07) is 14.8. The second-order valence-corrected chi connectivity index (χ2v) is 11.7. The second kappa shape index (κ2) is 10.6. The number of aromatic nitrogens is 4. The summed E-state index contributed by atoms with van der Waals surface area (Å²) in [6.07, 6.45) is 7.15. The van der Waals surface area contributed by atoms with E-state index in [0.717, 1.165) is 79.2 Å². The zero-order valence-corrected chi connectivity index (χ0v) is 23.3. The van der Waals surface area contributed by atoms with Crippen LogP contribution in [-0.4, -0.2) is 81.0 Å². The monoisotopic (exact) mass is 528 g/mol. The van der Waals surface area contributed by atoms with E-state index in [9.17, 15) is 0 Å². The van der Waals surface area contributed by atoms with Crippen molar-refractivity contribution >= 4 is 40.2 Å². The molecule has 9 heteroatoms. The number of fused-ring (bicyclic) bond motifs is 1. The molecule has 0 atom stereocenters. The van der Waals surface area contributed by atoms with Crippen LogP contribution in [0.25, 0.3) is 22.0 Å². The molecule has 0 unspecified atom stereocenters. The summed E-state index contributed by atoms with van der Waals surface area (Å²) in [4.78, 5) is 14.4. The maximum absolute atomic E-state index is 4.97. The number of hydrogen-bond donors (Lipinski definition) is 1. The molecule has 2 aromatic carbocycles. The normalized spacial score (nSPS) is 18.0. The van der Waals surface area contributed by atoms with Gasteiger partial charge in [0.1, 0.15) is 0 Å². The first kappa shape index (κ1) is 25.2. The Morgan fingerprint density at radius 2 is 1.82 bits per heavy atom. The van der Waals surface area contributed by atoms with Gasteiger partial charge < -0.3 is 15.1 Å². The van der Waals surface area contributed by atoms with Crippen molar-refractivity contribution in [3.63, 3.8) is 0 Å². The van der Waals surface area contributed by atoms with E-state index in [1.54, 1.807) is 0 Å². The van der Waals surface area contributed by atoms with Gasteiger partial charge in [-0.15, -0.1) is 0 Å². The summed E-state index contributed by atoms with van der Waals surface area (Å²) in [5.41, 5.74) is 5.40. The van der Waals surface area contributed by atoms with Crippen LogP contribution < -0.4 is 10.2 Å². The number of anilines is 3. The maximum Gasteiger partial charge on any atom is 0.227 e. The predicted molar refractivity (Wildman–Crippen MR) is 158 cm³/mol. The van der Waals surface area contributed by atoms with Crippen LogP contribution in [-0.2, 0) is 5.54 Å². The highest BCUT2D eigenvalue weighted by atomic mass is 32.2. The quantitative estimate of drug-likeness (QED) is 0.318. The predicted octanol–water partition coefficient (Wildman–Crippen LogP) is 5.08. The Morgan fingerprint density at radius 1 is 1.00 bits per heavy atom. The van der Waals surface area contributed by atoms with Gasteiger partial charge in [-0.25, -0.2) is 14.3 Å². The molecule has 198 valence electrons. The lowest BCUT2D eigenvalue weighted by Crippen LogP contribution is -2.59. The fraction of sp³-hybridized carbons (Fsp3) is 0.414. The molecule has 2 aliphatic heterocycles. The minimum Gasteiger partial charge on any atom is -0.369 e. The molecule has 0 saturated carbocycles. The molecule has 2 aromatic heterocycles. The van der Waals surface area contributed by atoms with Crippen LogP contribution >= 0.6 is 11.9 Å². The largest absolute Gasteiger partial charge is 0.369 e. The Labute approximate surface area is 229 Å². The number of rotatable bonds is 8. The van der Waals surface area contributed by atoms with Crippen LogP contribution in [0.5, 0.6) is 0 Å². The number of piperazine rings is 1. The lowest BCUT2D eigenvalue weighted by atomic mass is 9.89. The molecule has 0 radical (unpaired) electrons. The molecule has 2 aliphatic rings. The lowest BCUT2D eigenvalue weighted by Gasteiger charge is -2.49. The summed E-state index contributed by atoms with van der Waals surface area (Å²) < 4.78 is 4.62. The molecule has 8 nitrogen and oxygen atoms in total. The smallest absolute Gasteiger partial charge is 0.227 e. The Balaban J connectivity index is 1.25. The van der Waals surface area contributed by atoms with Crippen molar-refractivity contribution in [1.82, 2.24) is 29.0 Å². The van der Waals surface area contributed by atoms with E-state index in [1.807, 2.05) is 24.3 Å². The maximum atomic E-state index is 4.97. The van der Waals surface area contributed by atoms with Gasteiger partial charge in [0, 0.05) is 85.3 Å². The molecule has 0 bridgehead atoms. The molecule has 2 saturated heterocycles. The first-order valence-electron chi connectivity index (χ1n) is 13.6. The van der Waals surface area contributed by atoms with E-state index in [4.69, 9.17) is 10.1 Å².